The number of rotatable bonds is 2. The number of hydrazine groups is 1. The average molecular weight is 329 g/mol. The molecule has 0 aromatic heterocycles. The van der Waals surface area contributed by atoms with Gasteiger partial charge in [0.1, 0.15) is 5.82 Å². The molecule has 118 valence electrons. The van der Waals surface area contributed by atoms with Gasteiger partial charge in [0.15, 0.2) is 5.11 Å². The Labute approximate surface area is 139 Å². The number of thiocarbonyl (C=S) groups is 1. The minimum atomic E-state index is -0.320. The molecule has 3 rings (SSSR count). The molecule has 0 atom stereocenters. The second-order valence-corrected chi connectivity index (χ2v) is 5.79. The highest BCUT2D eigenvalue weighted by Crippen LogP contribution is 2.22. The lowest BCUT2D eigenvalue weighted by Crippen LogP contribution is -2.43. The number of benzene rings is 2. The number of hydrogen-bond acceptors (Lipinski definition) is 2. The third-order valence-corrected chi connectivity index (χ3v) is 3.96. The lowest BCUT2D eigenvalue weighted by molar-refractivity contribution is 0.0944. The molecular formula is C17H16FN3OS. The summed E-state index contributed by atoms with van der Waals surface area (Å²) in [6, 6.07) is 11.5. The summed E-state index contributed by atoms with van der Waals surface area (Å²) in [5.41, 5.74) is 8.99. The molecule has 6 heteroatoms. The number of carbonyl (C=O) groups is 1. The van der Waals surface area contributed by atoms with E-state index in [1.54, 1.807) is 12.1 Å². The number of carbonyl (C=O) groups excluding carboxylic acids is 1. The largest absolute Gasteiger partial charge is 0.331 e. The van der Waals surface area contributed by atoms with E-state index in [4.69, 9.17) is 12.2 Å². The Morgan fingerprint density at radius 3 is 2.52 bits per heavy atom. The van der Waals surface area contributed by atoms with Crippen molar-refractivity contribution in [2.45, 2.75) is 19.3 Å². The number of amides is 1. The predicted molar refractivity (Wildman–Crippen MR) is 91.7 cm³/mol. The van der Waals surface area contributed by atoms with Crippen molar-refractivity contribution in [2.24, 2.45) is 0 Å². The number of hydrogen-bond donors (Lipinski definition) is 3. The highest BCUT2D eigenvalue weighted by Gasteiger charge is 2.13. The Kier molecular flexibility index (Phi) is 4.52. The van der Waals surface area contributed by atoms with Gasteiger partial charge in [-0.2, -0.15) is 0 Å². The van der Waals surface area contributed by atoms with Crippen LogP contribution in [0, 0.1) is 5.82 Å². The number of fused-ring (bicyclic) bond motifs is 1. The van der Waals surface area contributed by atoms with Gasteiger partial charge in [-0.25, -0.2) is 4.39 Å². The molecule has 0 saturated heterocycles. The third kappa shape index (κ3) is 3.84. The molecular weight excluding hydrogens is 313 g/mol. The molecule has 1 aliphatic carbocycles. The summed E-state index contributed by atoms with van der Waals surface area (Å²) in [4.78, 5) is 12.1. The first-order chi connectivity index (χ1) is 11.1. The third-order valence-electron chi connectivity index (χ3n) is 3.75. The van der Waals surface area contributed by atoms with Crippen LogP contribution in [0.4, 0.5) is 10.1 Å². The lowest BCUT2D eigenvalue weighted by atomic mass is 10.1. The maximum absolute atomic E-state index is 12.8. The Balaban J connectivity index is 1.54. The van der Waals surface area contributed by atoms with Crippen LogP contribution in [0.15, 0.2) is 42.5 Å². The molecule has 1 aliphatic rings. The van der Waals surface area contributed by atoms with E-state index < -0.39 is 0 Å². The molecule has 1 amide bonds. The number of halogens is 1. The molecule has 0 unspecified atom stereocenters. The summed E-state index contributed by atoms with van der Waals surface area (Å²) in [5, 5.41) is 3.08. The Hall–Kier alpha value is -2.47. The Morgan fingerprint density at radius 1 is 1.00 bits per heavy atom. The summed E-state index contributed by atoms with van der Waals surface area (Å²) < 4.78 is 12.8. The van der Waals surface area contributed by atoms with Crippen molar-refractivity contribution in [3.05, 3.63) is 65.0 Å². The van der Waals surface area contributed by atoms with Crippen LogP contribution < -0.4 is 16.2 Å². The van der Waals surface area contributed by atoms with Crippen molar-refractivity contribution < 1.29 is 9.18 Å². The molecule has 0 radical (unpaired) electrons. The van der Waals surface area contributed by atoms with Crippen LogP contribution in [-0.2, 0) is 12.8 Å². The predicted octanol–water partition coefficient (Wildman–Crippen LogP) is 2.95. The number of aryl methyl sites for hydroxylation is 2. The van der Waals surface area contributed by atoms with Gasteiger partial charge in [0.2, 0.25) is 0 Å². The smallest absolute Gasteiger partial charge is 0.269 e. The van der Waals surface area contributed by atoms with E-state index in [0.29, 0.717) is 11.3 Å². The average Bonchev–Trinajstić information content (AvgIpc) is 3.02. The van der Waals surface area contributed by atoms with Crippen LogP contribution in [0.2, 0.25) is 0 Å². The molecule has 0 fully saturated rings. The molecule has 23 heavy (non-hydrogen) atoms. The molecule has 0 spiro atoms. The fourth-order valence-corrected chi connectivity index (χ4v) is 2.76. The maximum atomic E-state index is 12.8. The second-order valence-electron chi connectivity index (χ2n) is 5.38. The molecule has 0 aliphatic heterocycles. The lowest BCUT2D eigenvalue weighted by Gasteiger charge is -2.12. The highest BCUT2D eigenvalue weighted by atomic mass is 32.1. The minimum Gasteiger partial charge on any atom is -0.331 e. The normalized spacial score (nSPS) is 12.4. The minimum absolute atomic E-state index is 0.228. The molecule has 0 heterocycles. The first-order valence-corrected chi connectivity index (χ1v) is 7.77. The van der Waals surface area contributed by atoms with Crippen LogP contribution in [0.25, 0.3) is 0 Å². The monoisotopic (exact) mass is 329 g/mol. The quantitative estimate of drug-likeness (QED) is 0.586. The zero-order valence-electron chi connectivity index (χ0n) is 12.4. The topological polar surface area (TPSA) is 53.2 Å². The molecule has 0 saturated carbocycles. The van der Waals surface area contributed by atoms with Crippen LogP contribution in [0.5, 0.6) is 0 Å². The van der Waals surface area contributed by atoms with Gasteiger partial charge in [0.25, 0.3) is 5.91 Å². The number of nitrogens with one attached hydrogen (secondary N) is 3. The van der Waals surface area contributed by atoms with Crippen molar-refractivity contribution in [3.8, 4) is 0 Å². The van der Waals surface area contributed by atoms with Crippen molar-refractivity contribution in [1.29, 1.82) is 0 Å². The summed E-state index contributed by atoms with van der Waals surface area (Å²) >= 11 is 5.09. The van der Waals surface area contributed by atoms with E-state index in [1.165, 1.54) is 23.3 Å². The van der Waals surface area contributed by atoms with Crippen LogP contribution in [-0.4, -0.2) is 11.0 Å². The van der Waals surface area contributed by atoms with Gasteiger partial charge >= 0.3 is 0 Å². The van der Waals surface area contributed by atoms with E-state index in [-0.39, 0.29) is 16.8 Å². The zero-order chi connectivity index (χ0) is 16.2. The summed E-state index contributed by atoms with van der Waals surface area (Å²) in [5.74, 6) is -0.567. The highest BCUT2D eigenvalue weighted by molar-refractivity contribution is 7.80. The first-order valence-electron chi connectivity index (χ1n) is 7.36. The SMILES string of the molecule is O=C(NNC(=S)Nc1ccc(F)cc1)c1ccc2c(c1)CCC2. The van der Waals surface area contributed by atoms with Gasteiger partial charge in [0, 0.05) is 11.3 Å². The van der Waals surface area contributed by atoms with E-state index in [2.05, 4.69) is 16.2 Å². The van der Waals surface area contributed by atoms with Gasteiger partial charge in [-0.1, -0.05) is 6.07 Å². The fraction of sp³-hybridized carbons (Fsp3) is 0.176. The van der Waals surface area contributed by atoms with E-state index in [1.807, 2.05) is 18.2 Å². The van der Waals surface area contributed by atoms with Crippen molar-refractivity contribution in [2.75, 3.05) is 5.32 Å². The second kappa shape index (κ2) is 6.75. The van der Waals surface area contributed by atoms with Gasteiger partial charge in [0.05, 0.1) is 0 Å². The molecule has 4 nitrogen and oxygen atoms in total. The number of anilines is 1. The summed E-state index contributed by atoms with van der Waals surface area (Å²) in [6.07, 6.45) is 3.25. The molecule has 3 N–H and O–H groups in total. The van der Waals surface area contributed by atoms with Crippen molar-refractivity contribution in [3.63, 3.8) is 0 Å². The fourth-order valence-electron chi connectivity index (χ4n) is 2.59. The Morgan fingerprint density at radius 2 is 1.74 bits per heavy atom. The van der Waals surface area contributed by atoms with Crippen molar-refractivity contribution in [1.82, 2.24) is 10.9 Å². The van der Waals surface area contributed by atoms with Gasteiger partial charge in [-0.05, 0) is 79.0 Å². The summed E-state index contributed by atoms with van der Waals surface area (Å²) in [7, 11) is 0. The van der Waals surface area contributed by atoms with Gasteiger partial charge in [-0.3, -0.25) is 15.6 Å². The van der Waals surface area contributed by atoms with Gasteiger partial charge < -0.3 is 5.32 Å². The summed E-state index contributed by atoms with van der Waals surface area (Å²) in [6.45, 7) is 0. The standard InChI is InChI=1S/C17H16FN3OS/c18-14-6-8-15(9-7-14)19-17(23)21-20-16(22)13-5-4-11-2-1-3-12(11)10-13/h4-10H,1-3H2,(H,20,22)(H2,19,21,23). The maximum Gasteiger partial charge on any atom is 0.269 e. The van der Waals surface area contributed by atoms with Crippen LogP contribution in [0.1, 0.15) is 27.9 Å². The zero-order valence-corrected chi connectivity index (χ0v) is 13.2. The van der Waals surface area contributed by atoms with E-state index in [0.717, 1.165) is 19.3 Å². The molecule has 2 aromatic carbocycles. The van der Waals surface area contributed by atoms with Gasteiger partial charge in [-0.15, -0.1) is 0 Å². The first kappa shape index (κ1) is 15.4. The van der Waals surface area contributed by atoms with E-state index >= 15 is 0 Å². The molecule has 2 aromatic rings. The molecule has 0 bridgehead atoms. The van der Waals surface area contributed by atoms with Crippen LogP contribution >= 0.6 is 12.2 Å². The Bertz CT molecular complexity index is 746. The van der Waals surface area contributed by atoms with Crippen LogP contribution in [0.3, 0.4) is 0 Å². The van der Waals surface area contributed by atoms with Crippen molar-refractivity contribution >= 4 is 28.9 Å². The van der Waals surface area contributed by atoms with E-state index in [9.17, 15) is 9.18 Å².